The van der Waals surface area contributed by atoms with E-state index in [1.807, 2.05) is 20.8 Å². The van der Waals surface area contributed by atoms with Crippen LogP contribution in [0.2, 0.25) is 0 Å². The number of ether oxygens (including phenoxy) is 1. The Bertz CT molecular complexity index is 324. The van der Waals surface area contributed by atoms with Crippen LogP contribution in [-0.2, 0) is 14.3 Å². The molecule has 2 unspecified atom stereocenters. The highest BCUT2D eigenvalue weighted by atomic mass is 32.1. The van der Waals surface area contributed by atoms with Crippen LogP contribution in [0.25, 0.3) is 0 Å². The van der Waals surface area contributed by atoms with Gasteiger partial charge in [0.25, 0.3) is 6.47 Å². The summed E-state index contributed by atoms with van der Waals surface area (Å²) in [5.74, 6) is -0.108. The molecular weight excluding hydrogens is 274 g/mol. The molecule has 0 rings (SSSR count). The molecule has 0 heterocycles. The second-order valence-electron chi connectivity index (χ2n) is 6.72. The monoisotopic (exact) mass is 303 g/mol. The molecule has 4 nitrogen and oxygen atoms in total. The van der Waals surface area contributed by atoms with E-state index in [2.05, 4.69) is 38.7 Å². The van der Waals surface area contributed by atoms with Gasteiger partial charge in [-0.25, -0.2) is 0 Å². The summed E-state index contributed by atoms with van der Waals surface area (Å²) < 4.78 is 4.56. The largest absolute Gasteiger partial charge is 0.466 e. The van der Waals surface area contributed by atoms with E-state index < -0.39 is 0 Å². The molecule has 20 heavy (non-hydrogen) atoms. The van der Waals surface area contributed by atoms with Crippen LogP contribution in [0, 0.1) is 11.3 Å². The highest BCUT2D eigenvalue weighted by molar-refractivity contribution is 7.81. The zero-order chi connectivity index (χ0) is 16.0. The average Bonchev–Trinajstić information content (AvgIpc) is 2.32. The van der Waals surface area contributed by atoms with E-state index in [9.17, 15) is 9.59 Å². The van der Waals surface area contributed by atoms with E-state index in [0.29, 0.717) is 12.9 Å². The summed E-state index contributed by atoms with van der Waals surface area (Å²) in [5, 5.41) is 2.98. The predicted molar refractivity (Wildman–Crippen MR) is 84.9 cm³/mol. The fourth-order valence-electron chi connectivity index (χ4n) is 1.90. The van der Waals surface area contributed by atoms with Gasteiger partial charge >= 0.3 is 0 Å². The lowest BCUT2D eigenvalue weighted by Gasteiger charge is -2.32. The van der Waals surface area contributed by atoms with Gasteiger partial charge in [-0.15, -0.1) is 0 Å². The third kappa shape index (κ3) is 7.17. The Morgan fingerprint density at radius 1 is 1.35 bits per heavy atom. The Morgan fingerprint density at radius 2 is 1.90 bits per heavy atom. The fraction of sp³-hybridized carbons (Fsp3) is 0.867. The van der Waals surface area contributed by atoms with E-state index in [1.165, 1.54) is 0 Å². The van der Waals surface area contributed by atoms with Crippen LogP contribution in [0.5, 0.6) is 0 Å². The molecule has 0 aromatic rings. The standard InChI is InChI=1S/C15H29NO3S/c1-7-14(3,4)11(2)13(18)16-12(9-19-10-17)8-15(5,6)20/h10-12,20H,7-9H2,1-6H3,(H,16,18). The van der Waals surface area contributed by atoms with Gasteiger partial charge in [0.05, 0.1) is 6.04 Å². The van der Waals surface area contributed by atoms with Gasteiger partial charge in [0.2, 0.25) is 5.91 Å². The van der Waals surface area contributed by atoms with Gasteiger partial charge in [-0.05, 0) is 11.8 Å². The molecule has 0 radical (unpaired) electrons. The Hall–Kier alpha value is -0.710. The van der Waals surface area contributed by atoms with Gasteiger partial charge in [0.1, 0.15) is 6.61 Å². The smallest absolute Gasteiger partial charge is 0.293 e. The van der Waals surface area contributed by atoms with Crippen LogP contribution >= 0.6 is 12.6 Å². The lowest BCUT2D eigenvalue weighted by Crippen LogP contribution is -2.46. The van der Waals surface area contributed by atoms with Crippen molar-refractivity contribution in [3.63, 3.8) is 0 Å². The Morgan fingerprint density at radius 3 is 2.30 bits per heavy atom. The number of thiol groups is 1. The van der Waals surface area contributed by atoms with Crippen molar-refractivity contribution in [2.24, 2.45) is 11.3 Å². The van der Waals surface area contributed by atoms with E-state index >= 15 is 0 Å². The molecule has 118 valence electrons. The molecule has 0 saturated carbocycles. The van der Waals surface area contributed by atoms with Crippen molar-refractivity contribution in [1.29, 1.82) is 0 Å². The molecular formula is C15H29NO3S. The molecule has 0 aliphatic heterocycles. The molecule has 1 amide bonds. The molecule has 0 aliphatic carbocycles. The Labute approximate surface area is 128 Å². The van der Waals surface area contributed by atoms with Crippen molar-refractivity contribution in [3.05, 3.63) is 0 Å². The van der Waals surface area contributed by atoms with Crippen molar-refractivity contribution in [3.8, 4) is 0 Å². The van der Waals surface area contributed by atoms with Gasteiger partial charge in [-0.2, -0.15) is 12.6 Å². The molecule has 5 heteroatoms. The maximum absolute atomic E-state index is 12.3. The lowest BCUT2D eigenvalue weighted by atomic mass is 9.77. The van der Waals surface area contributed by atoms with Crippen molar-refractivity contribution in [2.75, 3.05) is 6.61 Å². The molecule has 1 N–H and O–H groups in total. The third-order valence-corrected chi connectivity index (χ3v) is 4.12. The highest BCUT2D eigenvalue weighted by Gasteiger charge is 2.31. The van der Waals surface area contributed by atoms with E-state index in [4.69, 9.17) is 4.74 Å². The van der Waals surface area contributed by atoms with E-state index in [-0.39, 0.29) is 34.6 Å². The first-order valence-corrected chi connectivity index (χ1v) is 7.56. The fourth-order valence-corrected chi connectivity index (χ4v) is 2.12. The summed E-state index contributed by atoms with van der Waals surface area (Å²) in [6, 6.07) is -0.213. The summed E-state index contributed by atoms with van der Waals surface area (Å²) in [6.07, 6.45) is 1.56. The maximum Gasteiger partial charge on any atom is 0.293 e. The molecule has 0 aromatic heterocycles. The van der Waals surface area contributed by atoms with Crippen LogP contribution in [0.15, 0.2) is 0 Å². The van der Waals surface area contributed by atoms with Gasteiger partial charge < -0.3 is 10.1 Å². The molecule has 0 aliphatic rings. The highest BCUT2D eigenvalue weighted by Crippen LogP contribution is 2.30. The van der Waals surface area contributed by atoms with Crippen LogP contribution < -0.4 is 5.32 Å². The molecule has 0 aromatic carbocycles. The SMILES string of the molecule is CCC(C)(C)C(C)C(=O)NC(COC=O)CC(C)(C)S. The summed E-state index contributed by atoms with van der Waals surface area (Å²) in [7, 11) is 0. The molecule has 0 fully saturated rings. The lowest BCUT2D eigenvalue weighted by molar-refractivity contribution is -0.133. The third-order valence-electron chi connectivity index (χ3n) is 3.93. The number of amides is 1. The minimum atomic E-state index is -0.242. The molecule has 2 atom stereocenters. The van der Waals surface area contributed by atoms with Crippen molar-refractivity contribution < 1.29 is 14.3 Å². The number of carbonyl (C=O) groups excluding carboxylic acids is 2. The minimum Gasteiger partial charge on any atom is -0.466 e. The van der Waals surface area contributed by atoms with Gasteiger partial charge in [0, 0.05) is 10.7 Å². The maximum atomic E-state index is 12.3. The summed E-state index contributed by atoms with van der Waals surface area (Å²) in [5.41, 5.74) is -0.0589. The summed E-state index contributed by atoms with van der Waals surface area (Å²) in [4.78, 5) is 22.7. The molecule has 0 saturated heterocycles. The quantitative estimate of drug-likeness (QED) is 0.509. The number of carbonyl (C=O) groups is 2. The van der Waals surface area contributed by atoms with Gasteiger partial charge in [-0.1, -0.05) is 48.0 Å². The van der Waals surface area contributed by atoms with Gasteiger partial charge in [-0.3, -0.25) is 9.59 Å². The van der Waals surface area contributed by atoms with Crippen LogP contribution in [0.3, 0.4) is 0 Å². The zero-order valence-electron chi connectivity index (χ0n) is 13.5. The van der Waals surface area contributed by atoms with Crippen molar-refractivity contribution in [1.82, 2.24) is 5.32 Å². The van der Waals surface area contributed by atoms with Crippen LogP contribution in [0.4, 0.5) is 0 Å². The van der Waals surface area contributed by atoms with Crippen LogP contribution in [-0.4, -0.2) is 29.8 Å². The normalized spacial score (nSPS) is 15.3. The first-order valence-electron chi connectivity index (χ1n) is 7.11. The van der Waals surface area contributed by atoms with Gasteiger partial charge in [0.15, 0.2) is 0 Å². The second kappa shape index (κ2) is 7.91. The first-order chi connectivity index (χ1) is 9.03. The predicted octanol–water partition coefficient (Wildman–Crippen LogP) is 2.82. The first kappa shape index (κ1) is 19.3. The molecule has 0 bridgehead atoms. The number of hydrogen-bond donors (Lipinski definition) is 2. The topological polar surface area (TPSA) is 55.4 Å². The zero-order valence-corrected chi connectivity index (χ0v) is 14.4. The van der Waals surface area contributed by atoms with E-state index in [0.717, 1.165) is 6.42 Å². The Kier molecular flexibility index (Phi) is 7.63. The van der Waals surface area contributed by atoms with Crippen LogP contribution in [0.1, 0.15) is 54.4 Å². The van der Waals surface area contributed by atoms with Crippen molar-refractivity contribution >= 4 is 25.0 Å². The number of nitrogens with one attached hydrogen (secondary N) is 1. The minimum absolute atomic E-state index is 0.00562. The second-order valence-corrected chi connectivity index (χ2v) is 7.93. The summed E-state index contributed by atoms with van der Waals surface area (Å²) in [6.45, 7) is 12.7. The van der Waals surface area contributed by atoms with E-state index in [1.54, 1.807) is 0 Å². The van der Waals surface area contributed by atoms with Crippen molar-refractivity contribution in [2.45, 2.75) is 65.2 Å². The Balaban J connectivity index is 4.71. The number of rotatable bonds is 9. The molecule has 0 spiro atoms. The average molecular weight is 303 g/mol. The number of hydrogen-bond acceptors (Lipinski definition) is 4. The summed E-state index contributed by atoms with van der Waals surface area (Å²) >= 11 is 4.47.